The predicted molar refractivity (Wildman–Crippen MR) is 78.1 cm³/mol. The van der Waals surface area contributed by atoms with Crippen LogP contribution in [0.5, 0.6) is 0 Å². The molecule has 0 aliphatic rings. The van der Waals surface area contributed by atoms with Crippen LogP contribution in [-0.4, -0.2) is 36.9 Å². The topological polar surface area (TPSA) is 85.4 Å². The van der Waals surface area contributed by atoms with E-state index in [1.54, 1.807) is 9.47 Å². The molecule has 1 amide bonds. The zero-order valence-corrected chi connectivity index (χ0v) is 13.3. The number of carbonyl (C=O) groups excluding carboxylic acids is 1. The molecular weight excluding hydrogens is 278 g/mol. The molecule has 0 aliphatic carbocycles. The van der Waals surface area contributed by atoms with E-state index in [1.807, 2.05) is 27.7 Å². The van der Waals surface area contributed by atoms with Gasteiger partial charge in [0.25, 0.3) is 5.91 Å². The van der Waals surface area contributed by atoms with Gasteiger partial charge >= 0.3 is 0 Å². The Kier molecular flexibility index (Phi) is 5.35. The monoisotopic (exact) mass is 301 g/mol. The lowest BCUT2D eigenvalue weighted by molar-refractivity contribution is 0.0752. The number of hydrogen-bond acceptors (Lipinski definition) is 3. The van der Waals surface area contributed by atoms with E-state index in [1.165, 1.54) is 12.3 Å². The summed E-state index contributed by atoms with van der Waals surface area (Å²) < 4.78 is 24.5. The van der Waals surface area contributed by atoms with E-state index in [0.29, 0.717) is 18.8 Å². The maximum atomic E-state index is 12.5. The van der Waals surface area contributed by atoms with Gasteiger partial charge in [-0.05, 0) is 33.3 Å². The number of rotatable bonds is 6. The predicted octanol–water partition coefficient (Wildman–Crippen LogP) is 1.59. The Morgan fingerprint density at radius 1 is 1.40 bits per heavy atom. The van der Waals surface area contributed by atoms with E-state index in [0.717, 1.165) is 6.42 Å². The molecular formula is C13H23N3O3S. The second-order valence-electron chi connectivity index (χ2n) is 4.99. The zero-order valence-electron chi connectivity index (χ0n) is 12.5. The summed E-state index contributed by atoms with van der Waals surface area (Å²) in [5.74, 6) is -0.169. The quantitative estimate of drug-likeness (QED) is 0.865. The minimum absolute atomic E-state index is 0.0233. The first kappa shape index (κ1) is 16.7. The first-order valence-electron chi connectivity index (χ1n) is 6.76. The molecule has 1 aromatic rings. The summed E-state index contributed by atoms with van der Waals surface area (Å²) in [6, 6.07) is 1.33. The van der Waals surface area contributed by atoms with E-state index in [-0.39, 0.29) is 16.8 Å². The molecule has 1 aromatic heterocycles. The van der Waals surface area contributed by atoms with Crippen LogP contribution < -0.4 is 5.14 Å². The third kappa shape index (κ3) is 3.61. The van der Waals surface area contributed by atoms with Crippen LogP contribution >= 0.6 is 0 Å². The van der Waals surface area contributed by atoms with Gasteiger partial charge in [0.1, 0.15) is 10.6 Å². The Bertz CT molecular complexity index is 576. The molecule has 114 valence electrons. The molecule has 0 saturated carbocycles. The van der Waals surface area contributed by atoms with Crippen LogP contribution in [0.4, 0.5) is 0 Å². The summed E-state index contributed by atoms with van der Waals surface area (Å²) in [4.78, 5) is 14.2. The van der Waals surface area contributed by atoms with Gasteiger partial charge in [0.05, 0.1) is 0 Å². The first-order chi connectivity index (χ1) is 9.22. The summed E-state index contributed by atoms with van der Waals surface area (Å²) in [7, 11) is -3.81. The Labute approximate surface area is 120 Å². The van der Waals surface area contributed by atoms with Gasteiger partial charge in [0.15, 0.2) is 0 Å². The third-order valence-corrected chi connectivity index (χ3v) is 3.97. The van der Waals surface area contributed by atoms with Crippen molar-refractivity contribution in [3.63, 3.8) is 0 Å². The Balaban J connectivity index is 3.28. The number of carbonyl (C=O) groups is 1. The number of sulfonamides is 1. The van der Waals surface area contributed by atoms with Crippen molar-refractivity contribution in [1.29, 1.82) is 0 Å². The fourth-order valence-corrected chi connectivity index (χ4v) is 2.58. The number of amides is 1. The Morgan fingerprint density at radius 2 is 2.00 bits per heavy atom. The average molecular weight is 301 g/mol. The fraction of sp³-hybridized carbons (Fsp3) is 0.615. The number of aromatic nitrogens is 1. The number of nitrogens with two attached hydrogens (primary N) is 1. The molecule has 0 aromatic carbocycles. The van der Waals surface area contributed by atoms with Crippen LogP contribution in [0.25, 0.3) is 0 Å². The minimum Gasteiger partial charge on any atom is -0.340 e. The van der Waals surface area contributed by atoms with Crippen LogP contribution in [0.15, 0.2) is 17.2 Å². The standard InChI is InChI=1S/C13H23N3O3S/c1-5-7-15(6-2)13(17)12-8-11(20(14,18)19)9-16(12)10(3)4/h8-10H,5-7H2,1-4H3,(H2,14,18,19). The van der Waals surface area contributed by atoms with Gasteiger partial charge in [0.2, 0.25) is 10.0 Å². The molecule has 7 heteroatoms. The van der Waals surface area contributed by atoms with Gasteiger partial charge in [-0.1, -0.05) is 6.92 Å². The van der Waals surface area contributed by atoms with Gasteiger partial charge in [-0.2, -0.15) is 0 Å². The minimum atomic E-state index is -3.81. The summed E-state index contributed by atoms with van der Waals surface area (Å²) in [6.45, 7) is 8.90. The zero-order chi connectivity index (χ0) is 15.5. The van der Waals surface area contributed by atoms with Crippen LogP contribution in [0.1, 0.15) is 50.6 Å². The molecule has 0 aliphatic heterocycles. The first-order valence-corrected chi connectivity index (χ1v) is 8.30. The van der Waals surface area contributed by atoms with Crippen LogP contribution in [0.3, 0.4) is 0 Å². The van der Waals surface area contributed by atoms with Crippen LogP contribution in [0.2, 0.25) is 0 Å². The lowest BCUT2D eigenvalue weighted by Gasteiger charge is -2.22. The molecule has 1 heterocycles. The molecule has 0 spiro atoms. The number of primary sulfonamides is 1. The molecule has 0 atom stereocenters. The summed E-state index contributed by atoms with van der Waals surface area (Å²) in [6.07, 6.45) is 2.27. The molecule has 2 N–H and O–H groups in total. The SMILES string of the molecule is CCCN(CC)C(=O)c1cc(S(N)(=O)=O)cn1C(C)C. The Hall–Kier alpha value is -1.34. The molecule has 0 bridgehead atoms. The summed E-state index contributed by atoms with van der Waals surface area (Å²) >= 11 is 0. The maximum absolute atomic E-state index is 12.5. The van der Waals surface area contributed by atoms with Crippen molar-refractivity contribution >= 4 is 15.9 Å². The summed E-state index contributed by atoms with van der Waals surface area (Å²) in [5.41, 5.74) is 0.360. The lowest BCUT2D eigenvalue weighted by Crippen LogP contribution is -2.33. The van der Waals surface area contributed by atoms with E-state index in [2.05, 4.69) is 0 Å². The number of hydrogen-bond donors (Lipinski definition) is 1. The van der Waals surface area contributed by atoms with Crippen molar-refractivity contribution < 1.29 is 13.2 Å². The molecule has 0 unspecified atom stereocenters. The van der Waals surface area contributed by atoms with Crippen molar-refractivity contribution in [3.05, 3.63) is 18.0 Å². The maximum Gasteiger partial charge on any atom is 0.270 e. The van der Waals surface area contributed by atoms with Gasteiger partial charge in [-0.3, -0.25) is 4.79 Å². The molecule has 0 saturated heterocycles. The fourth-order valence-electron chi connectivity index (χ4n) is 2.04. The highest BCUT2D eigenvalue weighted by Crippen LogP contribution is 2.19. The normalized spacial score (nSPS) is 11.9. The van der Waals surface area contributed by atoms with Crippen LogP contribution in [0, 0.1) is 0 Å². The molecule has 1 rings (SSSR count). The van der Waals surface area contributed by atoms with Crippen molar-refractivity contribution in [1.82, 2.24) is 9.47 Å². The van der Waals surface area contributed by atoms with Gasteiger partial charge in [0, 0.05) is 25.3 Å². The van der Waals surface area contributed by atoms with E-state index < -0.39 is 10.0 Å². The van der Waals surface area contributed by atoms with E-state index in [9.17, 15) is 13.2 Å². The molecule has 0 radical (unpaired) electrons. The highest BCUT2D eigenvalue weighted by molar-refractivity contribution is 7.89. The summed E-state index contributed by atoms with van der Waals surface area (Å²) in [5, 5.41) is 5.14. The van der Waals surface area contributed by atoms with Crippen LogP contribution in [-0.2, 0) is 10.0 Å². The van der Waals surface area contributed by atoms with Gasteiger partial charge < -0.3 is 9.47 Å². The molecule has 6 nitrogen and oxygen atoms in total. The van der Waals surface area contributed by atoms with E-state index >= 15 is 0 Å². The lowest BCUT2D eigenvalue weighted by atomic mass is 10.3. The largest absolute Gasteiger partial charge is 0.340 e. The van der Waals surface area contributed by atoms with Crippen molar-refractivity contribution in [3.8, 4) is 0 Å². The second-order valence-corrected chi connectivity index (χ2v) is 6.55. The highest BCUT2D eigenvalue weighted by atomic mass is 32.2. The van der Waals surface area contributed by atoms with Crippen molar-refractivity contribution in [2.45, 2.75) is 45.1 Å². The highest BCUT2D eigenvalue weighted by Gasteiger charge is 2.23. The average Bonchev–Trinajstić information content (AvgIpc) is 2.80. The molecule has 0 fully saturated rings. The third-order valence-electron chi connectivity index (χ3n) is 3.09. The van der Waals surface area contributed by atoms with Crippen molar-refractivity contribution in [2.75, 3.05) is 13.1 Å². The Morgan fingerprint density at radius 3 is 2.40 bits per heavy atom. The van der Waals surface area contributed by atoms with E-state index in [4.69, 9.17) is 5.14 Å². The van der Waals surface area contributed by atoms with Gasteiger partial charge in [-0.15, -0.1) is 0 Å². The smallest absolute Gasteiger partial charge is 0.270 e. The number of nitrogens with zero attached hydrogens (tertiary/aromatic N) is 2. The van der Waals surface area contributed by atoms with Gasteiger partial charge in [-0.25, -0.2) is 13.6 Å². The molecule has 20 heavy (non-hydrogen) atoms. The van der Waals surface area contributed by atoms with Crippen molar-refractivity contribution in [2.24, 2.45) is 5.14 Å². The second kappa shape index (κ2) is 6.41.